The van der Waals surface area contributed by atoms with Crippen LogP contribution in [0.5, 0.6) is 5.75 Å². The number of halogens is 2. The lowest BCUT2D eigenvalue weighted by atomic mass is 10.2. The van der Waals surface area contributed by atoms with Crippen LogP contribution in [0.2, 0.25) is 5.02 Å². The third-order valence-corrected chi connectivity index (χ3v) is 4.59. The second-order valence-electron chi connectivity index (χ2n) is 5.49. The van der Waals surface area contributed by atoms with Gasteiger partial charge in [-0.2, -0.15) is 0 Å². The molecular formula is C19H16ClFN2O2S. The summed E-state index contributed by atoms with van der Waals surface area (Å²) < 4.78 is 18.6. The summed E-state index contributed by atoms with van der Waals surface area (Å²) in [6.45, 7) is 2.73. The van der Waals surface area contributed by atoms with E-state index in [0.717, 1.165) is 29.5 Å². The first-order valence-corrected chi connectivity index (χ1v) is 9.27. The third-order valence-electron chi connectivity index (χ3n) is 3.52. The van der Waals surface area contributed by atoms with Crippen LogP contribution in [-0.2, 0) is 0 Å². The van der Waals surface area contributed by atoms with Crippen molar-refractivity contribution in [3.63, 3.8) is 0 Å². The smallest absolute Gasteiger partial charge is 0.258 e. The number of rotatable bonds is 6. The van der Waals surface area contributed by atoms with Gasteiger partial charge in [0.15, 0.2) is 5.13 Å². The van der Waals surface area contributed by atoms with E-state index >= 15 is 0 Å². The van der Waals surface area contributed by atoms with Crippen LogP contribution >= 0.6 is 22.9 Å². The van der Waals surface area contributed by atoms with Crippen molar-refractivity contribution in [1.82, 2.24) is 4.98 Å². The van der Waals surface area contributed by atoms with Crippen molar-refractivity contribution in [2.24, 2.45) is 0 Å². The van der Waals surface area contributed by atoms with Crippen LogP contribution in [-0.4, -0.2) is 17.5 Å². The third kappa shape index (κ3) is 4.39. The number of hydrogen-bond donors (Lipinski definition) is 1. The van der Waals surface area contributed by atoms with Crippen LogP contribution in [0.1, 0.15) is 23.7 Å². The van der Waals surface area contributed by atoms with Crippen molar-refractivity contribution in [3.8, 4) is 17.0 Å². The Morgan fingerprint density at radius 3 is 2.73 bits per heavy atom. The first kappa shape index (κ1) is 18.4. The van der Waals surface area contributed by atoms with Crippen LogP contribution in [0.25, 0.3) is 11.3 Å². The molecule has 0 radical (unpaired) electrons. The highest BCUT2D eigenvalue weighted by molar-refractivity contribution is 7.14. The summed E-state index contributed by atoms with van der Waals surface area (Å²) in [6.07, 6.45) is 0.953. The standard InChI is InChI=1S/C19H16ClFN2O2S/c1-2-9-25-14-6-3-12(4-7-14)17-11-26-19(22-17)23-18(24)15-8-5-13(21)10-16(15)20/h3-8,10-11H,2,9H2,1H3,(H,22,23,24). The highest BCUT2D eigenvalue weighted by Crippen LogP contribution is 2.27. The lowest BCUT2D eigenvalue weighted by Gasteiger charge is -2.05. The fourth-order valence-electron chi connectivity index (χ4n) is 2.24. The fraction of sp³-hybridized carbons (Fsp3) is 0.158. The average molecular weight is 391 g/mol. The van der Waals surface area contributed by atoms with Crippen molar-refractivity contribution < 1.29 is 13.9 Å². The van der Waals surface area contributed by atoms with Gasteiger partial charge in [0, 0.05) is 10.9 Å². The molecule has 0 aliphatic carbocycles. The number of nitrogens with one attached hydrogen (secondary N) is 1. The van der Waals surface area contributed by atoms with Gasteiger partial charge in [-0.15, -0.1) is 11.3 Å². The average Bonchev–Trinajstić information content (AvgIpc) is 3.08. The first-order chi connectivity index (χ1) is 12.6. The van der Waals surface area contributed by atoms with E-state index in [1.165, 1.54) is 23.5 Å². The van der Waals surface area contributed by atoms with Crippen LogP contribution in [0.4, 0.5) is 9.52 Å². The number of carbonyl (C=O) groups excluding carboxylic acids is 1. The van der Waals surface area contributed by atoms with E-state index in [1.807, 2.05) is 29.6 Å². The molecule has 2 aromatic carbocycles. The summed E-state index contributed by atoms with van der Waals surface area (Å²) in [5.41, 5.74) is 1.87. The molecule has 0 atom stereocenters. The van der Waals surface area contributed by atoms with Gasteiger partial charge in [0.05, 0.1) is 22.9 Å². The number of nitrogens with zero attached hydrogens (tertiary/aromatic N) is 1. The van der Waals surface area contributed by atoms with E-state index in [9.17, 15) is 9.18 Å². The molecule has 0 spiro atoms. The Kier molecular flexibility index (Phi) is 5.85. The number of ether oxygens (including phenoxy) is 1. The Labute approximate surface area is 159 Å². The van der Waals surface area contributed by atoms with Crippen molar-refractivity contribution in [2.75, 3.05) is 11.9 Å². The van der Waals surface area contributed by atoms with E-state index in [1.54, 1.807) is 0 Å². The SMILES string of the molecule is CCCOc1ccc(-c2csc(NC(=O)c3ccc(F)cc3Cl)n2)cc1. The maximum atomic E-state index is 13.1. The molecule has 0 aliphatic heterocycles. The molecular weight excluding hydrogens is 375 g/mol. The molecule has 3 aromatic rings. The first-order valence-electron chi connectivity index (χ1n) is 8.02. The number of amides is 1. The Bertz CT molecular complexity index is 912. The quantitative estimate of drug-likeness (QED) is 0.592. The van der Waals surface area contributed by atoms with Gasteiger partial charge in [0.1, 0.15) is 11.6 Å². The van der Waals surface area contributed by atoms with Gasteiger partial charge in [0.2, 0.25) is 0 Å². The van der Waals surface area contributed by atoms with Crippen LogP contribution in [0, 0.1) is 5.82 Å². The lowest BCUT2D eigenvalue weighted by Crippen LogP contribution is -2.12. The second-order valence-corrected chi connectivity index (χ2v) is 6.75. The molecule has 0 saturated heterocycles. The number of benzene rings is 2. The predicted octanol–water partition coefficient (Wildman–Crippen LogP) is 5.64. The zero-order valence-electron chi connectivity index (χ0n) is 14.0. The van der Waals surface area contributed by atoms with Gasteiger partial charge in [-0.3, -0.25) is 10.1 Å². The van der Waals surface area contributed by atoms with E-state index in [0.29, 0.717) is 11.7 Å². The zero-order chi connectivity index (χ0) is 18.5. The van der Waals surface area contributed by atoms with E-state index in [2.05, 4.69) is 17.2 Å². The Morgan fingerprint density at radius 2 is 2.04 bits per heavy atom. The summed E-state index contributed by atoms with van der Waals surface area (Å²) in [5, 5.41) is 5.03. The molecule has 0 saturated carbocycles. The molecule has 0 fully saturated rings. The Morgan fingerprint density at radius 1 is 1.27 bits per heavy atom. The minimum Gasteiger partial charge on any atom is -0.494 e. The van der Waals surface area contributed by atoms with Gasteiger partial charge >= 0.3 is 0 Å². The molecule has 0 bridgehead atoms. The summed E-state index contributed by atoms with van der Waals surface area (Å²) in [6, 6.07) is 11.3. The van der Waals surface area contributed by atoms with Crippen molar-refractivity contribution >= 4 is 34.0 Å². The van der Waals surface area contributed by atoms with Crippen LogP contribution in [0.15, 0.2) is 47.8 Å². The molecule has 1 amide bonds. The predicted molar refractivity (Wildman–Crippen MR) is 103 cm³/mol. The van der Waals surface area contributed by atoms with E-state index in [4.69, 9.17) is 16.3 Å². The van der Waals surface area contributed by atoms with Gasteiger partial charge in [-0.05, 0) is 48.9 Å². The normalized spacial score (nSPS) is 10.6. The molecule has 4 nitrogen and oxygen atoms in total. The number of anilines is 1. The van der Waals surface area contributed by atoms with Crippen LogP contribution in [0.3, 0.4) is 0 Å². The largest absolute Gasteiger partial charge is 0.494 e. The minimum atomic E-state index is -0.491. The summed E-state index contributed by atoms with van der Waals surface area (Å²) >= 11 is 7.22. The van der Waals surface area contributed by atoms with Crippen LogP contribution < -0.4 is 10.1 Å². The Hall–Kier alpha value is -2.44. The lowest BCUT2D eigenvalue weighted by molar-refractivity contribution is 0.102. The number of thiazole rings is 1. The molecule has 1 aromatic heterocycles. The molecule has 1 N–H and O–H groups in total. The number of carbonyl (C=O) groups is 1. The van der Waals surface area contributed by atoms with Gasteiger partial charge in [0.25, 0.3) is 5.91 Å². The number of hydrogen-bond acceptors (Lipinski definition) is 4. The second kappa shape index (κ2) is 8.29. The zero-order valence-corrected chi connectivity index (χ0v) is 15.5. The van der Waals surface area contributed by atoms with Gasteiger partial charge < -0.3 is 4.74 Å². The molecule has 134 valence electrons. The maximum Gasteiger partial charge on any atom is 0.258 e. The molecule has 0 unspecified atom stereocenters. The highest BCUT2D eigenvalue weighted by atomic mass is 35.5. The molecule has 1 heterocycles. The van der Waals surface area contributed by atoms with E-state index in [-0.39, 0.29) is 10.6 Å². The van der Waals surface area contributed by atoms with Crippen molar-refractivity contribution in [2.45, 2.75) is 13.3 Å². The van der Waals surface area contributed by atoms with Gasteiger partial charge in [-0.25, -0.2) is 9.37 Å². The molecule has 7 heteroatoms. The van der Waals surface area contributed by atoms with Gasteiger partial charge in [-0.1, -0.05) is 18.5 Å². The maximum absolute atomic E-state index is 13.1. The Balaban J connectivity index is 1.70. The monoisotopic (exact) mass is 390 g/mol. The van der Waals surface area contributed by atoms with E-state index < -0.39 is 11.7 Å². The summed E-state index contributed by atoms with van der Waals surface area (Å²) in [7, 11) is 0. The fourth-order valence-corrected chi connectivity index (χ4v) is 3.21. The number of aromatic nitrogens is 1. The summed E-state index contributed by atoms with van der Waals surface area (Å²) in [4.78, 5) is 16.7. The minimum absolute atomic E-state index is 0.0574. The molecule has 3 rings (SSSR count). The van der Waals surface area contributed by atoms with Crippen molar-refractivity contribution in [1.29, 1.82) is 0 Å². The topological polar surface area (TPSA) is 51.2 Å². The highest BCUT2D eigenvalue weighted by Gasteiger charge is 2.13. The van der Waals surface area contributed by atoms with Crippen molar-refractivity contribution in [3.05, 3.63) is 64.2 Å². The molecule has 26 heavy (non-hydrogen) atoms. The summed E-state index contributed by atoms with van der Waals surface area (Å²) in [5.74, 6) is -0.112. The molecule has 0 aliphatic rings.